The summed E-state index contributed by atoms with van der Waals surface area (Å²) in [5, 5.41) is 24.9. The van der Waals surface area contributed by atoms with Crippen LogP contribution in [-0.4, -0.2) is 43.5 Å². The van der Waals surface area contributed by atoms with Gasteiger partial charge in [-0.1, -0.05) is 0 Å². The molecule has 13 nitrogen and oxygen atoms in total. The standard InChI is InChI=1S/C23H18N4O9/c1-33-19-9-15(17(10-20(19)34-2)26-22(29)18-4-3-7-35-18)23(30)36-12-21(28)25-16-6-5-14(27(31)32)8-13(16)11-24/h3-10H,12H2,1-2H3,(H,25,28)(H,26,29). The number of hydrogen-bond acceptors (Lipinski definition) is 10. The van der Waals surface area contributed by atoms with E-state index >= 15 is 0 Å². The van der Waals surface area contributed by atoms with Crippen molar-refractivity contribution in [3.63, 3.8) is 0 Å². The van der Waals surface area contributed by atoms with E-state index in [0.29, 0.717) is 0 Å². The van der Waals surface area contributed by atoms with Gasteiger partial charge in [0.1, 0.15) is 6.07 Å². The third-order valence-corrected chi connectivity index (χ3v) is 4.68. The number of rotatable bonds is 9. The Labute approximate surface area is 203 Å². The third kappa shape index (κ3) is 5.75. The fourth-order valence-corrected chi connectivity index (χ4v) is 2.99. The first kappa shape index (κ1) is 25.2. The van der Waals surface area contributed by atoms with E-state index in [1.54, 1.807) is 6.07 Å². The number of ether oxygens (including phenoxy) is 3. The van der Waals surface area contributed by atoms with Gasteiger partial charge in [0.2, 0.25) is 0 Å². The highest BCUT2D eigenvalue weighted by molar-refractivity contribution is 6.07. The number of nitro benzene ring substituents is 1. The van der Waals surface area contributed by atoms with Crippen molar-refractivity contribution in [2.75, 3.05) is 31.5 Å². The van der Waals surface area contributed by atoms with Gasteiger partial charge in [0.15, 0.2) is 23.9 Å². The Balaban J connectivity index is 1.77. The van der Waals surface area contributed by atoms with Crippen molar-refractivity contribution in [2.24, 2.45) is 0 Å². The maximum Gasteiger partial charge on any atom is 0.340 e. The van der Waals surface area contributed by atoms with Crippen molar-refractivity contribution in [3.8, 4) is 17.6 Å². The molecule has 36 heavy (non-hydrogen) atoms. The number of furan rings is 1. The number of nitro groups is 1. The summed E-state index contributed by atoms with van der Waals surface area (Å²) < 4.78 is 20.5. The van der Waals surface area contributed by atoms with E-state index in [-0.39, 0.29) is 45.4 Å². The van der Waals surface area contributed by atoms with Crippen molar-refractivity contribution in [3.05, 3.63) is 75.7 Å². The first-order valence-electron chi connectivity index (χ1n) is 10.0. The largest absolute Gasteiger partial charge is 0.493 e. The summed E-state index contributed by atoms with van der Waals surface area (Å²) >= 11 is 0. The van der Waals surface area contributed by atoms with Crippen LogP contribution in [0.5, 0.6) is 11.5 Å². The molecule has 0 atom stereocenters. The number of anilines is 2. The number of carbonyl (C=O) groups is 3. The molecule has 1 heterocycles. The topological polar surface area (TPSA) is 183 Å². The number of amides is 2. The molecule has 0 aliphatic rings. The molecular weight excluding hydrogens is 476 g/mol. The van der Waals surface area contributed by atoms with Crippen molar-refractivity contribution in [2.45, 2.75) is 0 Å². The van der Waals surface area contributed by atoms with Gasteiger partial charge in [-0.25, -0.2) is 4.79 Å². The van der Waals surface area contributed by atoms with E-state index in [0.717, 1.165) is 12.1 Å². The van der Waals surface area contributed by atoms with E-state index in [9.17, 15) is 29.8 Å². The Bertz CT molecular complexity index is 1360. The van der Waals surface area contributed by atoms with Gasteiger partial charge in [-0.2, -0.15) is 5.26 Å². The molecule has 3 aromatic rings. The second-order valence-corrected chi connectivity index (χ2v) is 6.91. The summed E-state index contributed by atoms with van der Waals surface area (Å²) in [6.07, 6.45) is 1.31. The summed E-state index contributed by atoms with van der Waals surface area (Å²) in [5.74, 6) is -2.08. The molecule has 3 rings (SSSR count). The Hall–Kier alpha value is -5.38. The van der Waals surface area contributed by atoms with Crippen LogP contribution in [-0.2, 0) is 9.53 Å². The molecule has 0 aliphatic carbocycles. The maximum absolute atomic E-state index is 12.8. The lowest BCUT2D eigenvalue weighted by molar-refractivity contribution is -0.384. The first-order valence-corrected chi connectivity index (χ1v) is 10.0. The highest BCUT2D eigenvalue weighted by Gasteiger charge is 2.22. The number of nitrogens with one attached hydrogen (secondary N) is 2. The maximum atomic E-state index is 12.8. The molecule has 0 saturated carbocycles. The van der Waals surface area contributed by atoms with Crippen molar-refractivity contribution in [1.82, 2.24) is 0 Å². The van der Waals surface area contributed by atoms with E-state index in [2.05, 4.69) is 10.6 Å². The fourth-order valence-electron chi connectivity index (χ4n) is 2.99. The average Bonchev–Trinajstić information content (AvgIpc) is 3.42. The zero-order chi connectivity index (χ0) is 26.2. The summed E-state index contributed by atoms with van der Waals surface area (Å²) in [6.45, 7) is -0.763. The third-order valence-electron chi connectivity index (χ3n) is 4.68. The van der Waals surface area contributed by atoms with Gasteiger partial charge in [-0.3, -0.25) is 19.7 Å². The van der Waals surface area contributed by atoms with Crippen LogP contribution in [0.2, 0.25) is 0 Å². The number of non-ortho nitro benzene ring substituents is 1. The monoisotopic (exact) mass is 494 g/mol. The lowest BCUT2D eigenvalue weighted by Gasteiger charge is -2.15. The molecule has 184 valence electrons. The Kier molecular flexibility index (Phi) is 7.83. The Morgan fingerprint density at radius 1 is 1.06 bits per heavy atom. The summed E-state index contributed by atoms with van der Waals surface area (Å²) in [6, 6.07) is 10.6. The van der Waals surface area contributed by atoms with Crippen LogP contribution in [0.1, 0.15) is 26.5 Å². The van der Waals surface area contributed by atoms with Gasteiger partial charge < -0.3 is 29.3 Å². The number of carbonyl (C=O) groups excluding carboxylic acids is 3. The van der Waals surface area contributed by atoms with Crippen LogP contribution in [0.3, 0.4) is 0 Å². The molecule has 1 aromatic heterocycles. The van der Waals surface area contributed by atoms with E-state index in [1.165, 1.54) is 50.8 Å². The van der Waals surface area contributed by atoms with Gasteiger partial charge in [-0.05, 0) is 18.2 Å². The molecule has 2 aromatic carbocycles. The fraction of sp³-hybridized carbons (Fsp3) is 0.130. The SMILES string of the molecule is COc1cc(NC(=O)c2ccco2)c(C(=O)OCC(=O)Nc2ccc([N+](=O)[O-])cc2C#N)cc1OC. The highest BCUT2D eigenvalue weighted by Crippen LogP contribution is 2.34. The molecular formula is C23H18N4O9. The Morgan fingerprint density at radius 3 is 2.39 bits per heavy atom. The van der Waals surface area contributed by atoms with Crippen molar-refractivity contribution < 1.29 is 37.9 Å². The number of hydrogen-bond donors (Lipinski definition) is 2. The summed E-state index contributed by atoms with van der Waals surface area (Å²) in [5.41, 5.74) is -0.614. The molecule has 0 bridgehead atoms. The zero-order valence-corrected chi connectivity index (χ0v) is 18.9. The van der Waals surface area contributed by atoms with Gasteiger partial charge in [0.25, 0.3) is 17.5 Å². The van der Waals surface area contributed by atoms with Crippen LogP contribution in [0.25, 0.3) is 0 Å². The predicted octanol–water partition coefficient (Wildman–Crippen LogP) is 3.12. The van der Waals surface area contributed by atoms with Gasteiger partial charge in [0.05, 0.1) is 47.9 Å². The van der Waals surface area contributed by atoms with Crippen LogP contribution in [0, 0.1) is 21.4 Å². The van der Waals surface area contributed by atoms with Crippen molar-refractivity contribution in [1.29, 1.82) is 5.26 Å². The molecule has 2 N–H and O–H groups in total. The first-order chi connectivity index (χ1) is 17.3. The molecule has 0 unspecified atom stereocenters. The molecule has 13 heteroatoms. The second kappa shape index (κ2) is 11.2. The molecule has 2 amide bonds. The molecule has 0 spiro atoms. The summed E-state index contributed by atoms with van der Waals surface area (Å²) in [7, 11) is 2.71. The summed E-state index contributed by atoms with van der Waals surface area (Å²) in [4.78, 5) is 47.7. The lowest BCUT2D eigenvalue weighted by atomic mass is 10.1. The molecule has 0 aliphatic heterocycles. The number of nitriles is 1. The molecule has 0 fully saturated rings. The van der Waals surface area contributed by atoms with Crippen molar-refractivity contribution >= 4 is 34.8 Å². The minimum atomic E-state index is -0.981. The van der Waals surface area contributed by atoms with Gasteiger partial charge in [0, 0.05) is 24.3 Å². The van der Waals surface area contributed by atoms with Crippen LogP contribution >= 0.6 is 0 Å². The zero-order valence-electron chi connectivity index (χ0n) is 18.9. The number of esters is 1. The lowest BCUT2D eigenvalue weighted by Crippen LogP contribution is -2.22. The van der Waals surface area contributed by atoms with Crippen LogP contribution in [0.4, 0.5) is 17.1 Å². The average molecular weight is 494 g/mol. The number of benzene rings is 2. The quantitative estimate of drug-likeness (QED) is 0.254. The van der Waals surface area contributed by atoms with E-state index in [4.69, 9.17) is 18.6 Å². The van der Waals surface area contributed by atoms with E-state index < -0.39 is 29.3 Å². The van der Waals surface area contributed by atoms with Crippen LogP contribution in [0.15, 0.2) is 53.1 Å². The number of methoxy groups -OCH3 is 2. The molecule has 0 radical (unpaired) electrons. The number of nitrogens with zero attached hydrogens (tertiary/aromatic N) is 2. The van der Waals surface area contributed by atoms with Crippen LogP contribution < -0.4 is 20.1 Å². The van der Waals surface area contributed by atoms with Gasteiger partial charge in [-0.15, -0.1) is 0 Å². The molecule has 0 saturated heterocycles. The van der Waals surface area contributed by atoms with E-state index in [1.807, 2.05) is 0 Å². The highest BCUT2D eigenvalue weighted by atomic mass is 16.6. The second-order valence-electron chi connectivity index (χ2n) is 6.91. The predicted molar refractivity (Wildman–Crippen MR) is 123 cm³/mol. The Morgan fingerprint density at radius 2 is 1.78 bits per heavy atom. The minimum Gasteiger partial charge on any atom is -0.493 e. The minimum absolute atomic E-state index is 0.00148. The smallest absolute Gasteiger partial charge is 0.340 e. The normalized spacial score (nSPS) is 10.0. The van der Waals surface area contributed by atoms with Gasteiger partial charge >= 0.3 is 5.97 Å².